The van der Waals surface area contributed by atoms with Crippen molar-refractivity contribution in [3.8, 4) is 17.1 Å². The summed E-state index contributed by atoms with van der Waals surface area (Å²) in [5.74, 6) is 1.48. The minimum absolute atomic E-state index is 0.181. The molecule has 8 heteroatoms. The van der Waals surface area contributed by atoms with E-state index in [0.717, 1.165) is 11.4 Å². The van der Waals surface area contributed by atoms with Crippen LogP contribution in [0.5, 0.6) is 5.75 Å². The molecule has 32 heavy (non-hydrogen) atoms. The smallest absolute Gasteiger partial charge is 0.174 e. The molecule has 0 amide bonds. The van der Waals surface area contributed by atoms with Crippen molar-refractivity contribution in [2.75, 3.05) is 4.90 Å². The van der Waals surface area contributed by atoms with Crippen LogP contribution in [0.3, 0.4) is 0 Å². The minimum Gasteiger partial charge on any atom is -0.508 e. The Bertz CT molecular complexity index is 1280. The second-order valence-corrected chi connectivity index (χ2v) is 8.49. The van der Waals surface area contributed by atoms with Crippen molar-refractivity contribution in [2.24, 2.45) is 0 Å². The van der Waals surface area contributed by atoms with Crippen LogP contribution in [-0.2, 0) is 0 Å². The second-order valence-electron chi connectivity index (χ2n) is 7.32. The van der Waals surface area contributed by atoms with E-state index < -0.39 is 0 Å². The predicted molar refractivity (Wildman–Crippen MR) is 130 cm³/mol. The second kappa shape index (κ2) is 8.47. The zero-order chi connectivity index (χ0) is 22.2. The lowest BCUT2D eigenvalue weighted by Gasteiger charge is -2.26. The van der Waals surface area contributed by atoms with Gasteiger partial charge in [-0.15, -0.1) is 0 Å². The van der Waals surface area contributed by atoms with Crippen LogP contribution in [0.25, 0.3) is 11.3 Å². The highest BCUT2D eigenvalue weighted by atomic mass is 35.5. The molecule has 1 fully saturated rings. The number of thiocarbonyl (C=S) groups is 1. The van der Waals surface area contributed by atoms with E-state index in [9.17, 15) is 5.11 Å². The highest BCUT2D eigenvalue weighted by Crippen LogP contribution is 2.44. The van der Waals surface area contributed by atoms with E-state index in [1.807, 2.05) is 59.5 Å². The maximum Gasteiger partial charge on any atom is 0.174 e. The maximum atomic E-state index is 9.74. The normalized spacial score (nSPS) is 18.1. The van der Waals surface area contributed by atoms with Crippen LogP contribution in [-0.4, -0.2) is 15.2 Å². The van der Waals surface area contributed by atoms with E-state index in [-0.39, 0.29) is 17.8 Å². The molecule has 0 unspecified atom stereocenters. The topological polar surface area (TPSA) is 61.5 Å². The number of halogens is 2. The summed E-state index contributed by atoms with van der Waals surface area (Å²) in [6.45, 7) is 0. The summed E-state index contributed by atoms with van der Waals surface area (Å²) in [4.78, 5) is 6.50. The molecule has 0 saturated carbocycles. The number of rotatable bonds is 4. The van der Waals surface area contributed by atoms with E-state index in [0.29, 0.717) is 32.2 Å². The Balaban J connectivity index is 1.61. The van der Waals surface area contributed by atoms with Gasteiger partial charge in [0.05, 0.1) is 21.8 Å². The first kappa shape index (κ1) is 20.8. The van der Waals surface area contributed by atoms with E-state index in [2.05, 4.69) is 10.3 Å². The fraction of sp³-hybridized carbons (Fsp3) is 0.0833. The maximum absolute atomic E-state index is 9.74. The molecule has 0 aliphatic carbocycles. The first-order valence-electron chi connectivity index (χ1n) is 9.87. The van der Waals surface area contributed by atoms with Gasteiger partial charge in [0.25, 0.3) is 0 Å². The number of nitrogens with one attached hydrogen (secondary N) is 1. The van der Waals surface area contributed by atoms with Gasteiger partial charge in [-0.05, 0) is 72.9 Å². The fourth-order valence-electron chi connectivity index (χ4n) is 3.89. The summed E-state index contributed by atoms with van der Waals surface area (Å²) >= 11 is 18.3. The Morgan fingerprint density at radius 2 is 1.78 bits per heavy atom. The van der Waals surface area contributed by atoms with Crippen molar-refractivity contribution in [2.45, 2.75) is 12.1 Å². The minimum atomic E-state index is -0.311. The molecule has 2 aromatic heterocycles. The quantitative estimate of drug-likeness (QED) is 0.323. The first-order chi connectivity index (χ1) is 15.5. The lowest BCUT2D eigenvalue weighted by molar-refractivity contribution is 0.439. The number of anilines is 1. The number of furan rings is 1. The van der Waals surface area contributed by atoms with Crippen LogP contribution >= 0.6 is 35.4 Å². The fourth-order valence-corrected chi connectivity index (χ4v) is 4.63. The third kappa shape index (κ3) is 3.71. The third-order valence-electron chi connectivity index (χ3n) is 5.36. The van der Waals surface area contributed by atoms with Crippen LogP contribution in [0.1, 0.15) is 23.5 Å². The van der Waals surface area contributed by atoms with Crippen molar-refractivity contribution in [3.63, 3.8) is 0 Å². The van der Waals surface area contributed by atoms with Gasteiger partial charge in [-0.2, -0.15) is 0 Å². The molecule has 0 radical (unpaired) electrons. The highest BCUT2D eigenvalue weighted by Gasteiger charge is 2.42. The Morgan fingerprint density at radius 3 is 2.53 bits per heavy atom. The Labute approximate surface area is 200 Å². The zero-order valence-corrected chi connectivity index (χ0v) is 18.9. The van der Waals surface area contributed by atoms with Crippen molar-refractivity contribution in [1.82, 2.24) is 10.3 Å². The Morgan fingerprint density at radius 1 is 0.969 bits per heavy atom. The van der Waals surface area contributed by atoms with Crippen molar-refractivity contribution in [1.29, 1.82) is 0 Å². The molecule has 1 aliphatic heterocycles. The van der Waals surface area contributed by atoms with Crippen molar-refractivity contribution < 1.29 is 9.52 Å². The summed E-state index contributed by atoms with van der Waals surface area (Å²) in [6, 6.07) is 21.3. The summed E-state index contributed by atoms with van der Waals surface area (Å²) in [7, 11) is 0. The van der Waals surface area contributed by atoms with Crippen molar-refractivity contribution in [3.05, 3.63) is 100 Å². The monoisotopic (exact) mass is 481 g/mol. The molecule has 2 N–H and O–H groups in total. The first-order valence-corrected chi connectivity index (χ1v) is 11.0. The van der Waals surface area contributed by atoms with Gasteiger partial charge < -0.3 is 19.7 Å². The number of pyridine rings is 1. The van der Waals surface area contributed by atoms with Gasteiger partial charge in [0.15, 0.2) is 5.11 Å². The average Bonchev–Trinajstić information content (AvgIpc) is 3.41. The van der Waals surface area contributed by atoms with E-state index >= 15 is 0 Å². The van der Waals surface area contributed by atoms with Crippen LogP contribution in [0.4, 0.5) is 5.69 Å². The molecule has 0 bridgehead atoms. The number of benzene rings is 2. The molecule has 160 valence electrons. The number of phenols is 1. The molecule has 4 aromatic rings. The summed E-state index contributed by atoms with van der Waals surface area (Å²) in [6.07, 6.45) is 1.75. The van der Waals surface area contributed by atoms with Crippen LogP contribution in [0.15, 0.2) is 83.4 Å². The van der Waals surface area contributed by atoms with E-state index in [1.165, 1.54) is 0 Å². The third-order valence-corrected chi connectivity index (χ3v) is 6.49. The summed E-state index contributed by atoms with van der Waals surface area (Å²) in [5.41, 5.74) is 2.37. The predicted octanol–water partition coefficient (Wildman–Crippen LogP) is 6.53. The average molecular weight is 482 g/mol. The van der Waals surface area contributed by atoms with E-state index in [4.69, 9.17) is 39.8 Å². The molecule has 5 rings (SSSR count). The Kier molecular flexibility index (Phi) is 5.51. The number of phenolic OH excluding ortho intramolecular Hbond substituents is 1. The van der Waals surface area contributed by atoms with Gasteiger partial charge >= 0.3 is 0 Å². The SMILES string of the molecule is Oc1ccc(N2C(=S)N[C@@H](c3ccccn3)[C@H]2c2ccc(-c3cccc(Cl)c3Cl)o2)cc1. The molecule has 1 aliphatic rings. The number of hydrogen-bond acceptors (Lipinski definition) is 4. The molecule has 2 aromatic carbocycles. The molecule has 1 saturated heterocycles. The van der Waals surface area contributed by atoms with Gasteiger partial charge in [-0.25, -0.2) is 0 Å². The van der Waals surface area contributed by atoms with E-state index in [1.54, 1.807) is 24.4 Å². The zero-order valence-electron chi connectivity index (χ0n) is 16.6. The molecular formula is C24H17Cl2N3O2S. The molecule has 0 spiro atoms. The number of aromatic hydroxyl groups is 1. The molecular weight excluding hydrogens is 465 g/mol. The number of aromatic nitrogens is 1. The number of hydrogen-bond donors (Lipinski definition) is 2. The molecule has 5 nitrogen and oxygen atoms in total. The summed E-state index contributed by atoms with van der Waals surface area (Å²) in [5, 5.41) is 14.5. The Hall–Kier alpha value is -3.06. The standard InChI is InChI=1S/C24H17Cl2N3O2S/c25-17-5-3-4-16(21(17)26)19-11-12-20(31-19)23-22(18-6-1-2-13-27-18)28-24(32)29(23)14-7-9-15(30)10-8-14/h1-13,22-23,30H,(H,28,32)/t22-,23+/m0/s1. The van der Waals surface area contributed by atoms with Gasteiger partial charge in [0, 0.05) is 17.4 Å². The lowest BCUT2D eigenvalue weighted by Crippen LogP contribution is -2.29. The largest absolute Gasteiger partial charge is 0.508 e. The van der Waals surface area contributed by atoms with Gasteiger partial charge in [-0.1, -0.05) is 35.3 Å². The number of nitrogens with zero attached hydrogens (tertiary/aromatic N) is 2. The van der Waals surface area contributed by atoms with Crippen LogP contribution in [0, 0.1) is 0 Å². The van der Waals surface area contributed by atoms with Crippen LogP contribution < -0.4 is 10.2 Å². The van der Waals surface area contributed by atoms with Gasteiger partial charge in [-0.3, -0.25) is 4.98 Å². The van der Waals surface area contributed by atoms with Crippen LogP contribution in [0.2, 0.25) is 10.0 Å². The van der Waals surface area contributed by atoms with Gasteiger partial charge in [0.2, 0.25) is 0 Å². The van der Waals surface area contributed by atoms with Gasteiger partial charge in [0.1, 0.15) is 23.3 Å². The van der Waals surface area contributed by atoms with Crippen molar-refractivity contribution >= 4 is 46.2 Å². The molecule has 2 atom stereocenters. The lowest BCUT2D eigenvalue weighted by atomic mass is 10.0. The summed E-state index contributed by atoms with van der Waals surface area (Å²) < 4.78 is 6.30. The highest BCUT2D eigenvalue weighted by molar-refractivity contribution is 7.80. The molecule has 3 heterocycles.